The molecule has 0 aliphatic heterocycles. The average Bonchev–Trinajstić information content (AvgIpc) is 2.24. The van der Waals surface area contributed by atoms with Gasteiger partial charge in [-0.2, -0.15) is 0 Å². The van der Waals surface area contributed by atoms with Crippen LogP contribution in [0.2, 0.25) is 0 Å². The van der Waals surface area contributed by atoms with E-state index in [-0.39, 0.29) is 10.6 Å². The van der Waals surface area contributed by atoms with Crippen LogP contribution in [0.4, 0.5) is 4.39 Å². The molecule has 0 saturated carbocycles. The minimum absolute atomic E-state index is 0.0129. The zero-order valence-corrected chi connectivity index (χ0v) is 10.1. The number of rotatable bonds is 4. The summed E-state index contributed by atoms with van der Waals surface area (Å²) in [4.78, 5) is 11.9. The summed E-state index contributed by atoms with van der Waals surface area (Å²) in [5.41, 5.74) is 5.42. The molecule has 4 N–H and O–H groups in total. The molecule has 1 unspecified atom stereocenters. The molecule has 0 bridgehead atoms. The van der Waals surface area contributed by atoms with Crippen LogP contribution in [-0.4, -0.2) is 22.0 Å². The Bertz CT molecular complexity index is 451. The predicted molar refractivity (Wildman–Crippen MR) is 66.4 cm³/mol. The largest absolute Gasteiger partial charge is 0.507 e. The van der Waals surface area contributed by atoms with Crippen molar-refractivity contribution in [2.45, 2.75) is 19.4 Å². The van der Waals surface area contributed by atoms with Gasteiger partial charge in [0, 0.05) is 6.07 Å². The number of nitrogens with one attached hydrogen (secondary N) is 1. The molecule has 4 nitrogen and oxygen atoms in total. The Hall–Kier alpha value is -1.69. The van der Waals surface area contributed by atoms with Crippen molar-refractivity contribution in [2.24, 2.45) is 5.73 Å². The molecular weight excluding hydrogens is 243 g/mol. The van der Waals surface area contributed by atoms with Crippen LogP contribution in [0.25, 0.3) is 0 Å². The minimum Gasteiger partial charge on any atom is -0.507 e. The summed E-state index contributed by atoms with van der Waals surface area (Å²) in [6.07, 6.45) is 0.545. The van der Waals surface area contributed by atoms with Gasteiger partial charge in [0.1, 0.15) is 11.6 Å². The molecule has 6 heteroatoms. The number of phenols is 1. The maximum Gasteiger partial charge on any atom is 0.255 e. The van der Waals surface area contributed by atoms with Gasteiger partial charge in [-0.15, -0.1) is 0 Å². The van der Waals surface area contributed by atoms with E-state index in [0.29, 0.717) is 6.42 Å². The number of phenolic OH excluding ortho intramolecular Hbond substituents is 1. The monoisotopic (exact) mass is 256 g/mol. The molecule has 0 heterocycles. The fourth-order valence-electron chi connectivity index (χ4n) is 1.31. The number of benzene rings is 1. The molecule has 1 amide bonds. The van der Waals surface area contributed by atoms with Gasteiger partial charge in [0.05, 0.1) is 16.6 Å². The van der Waals surface area contributed by atoms with E-state index in [1.807, 2.05) is 6.92 Å². The third-order valence-electron chi connectivity index (χ3n) is 2.26. The van der Waals surface area contributed by atoms with Crippen LogP contribution in [-0.2, 0) is 0 Å². The van der Waals surface area contributed by atoms with Gasteiger partial charge in [-0.05, 0) is 18.6 Å². The highest BCUT2D eigenvalue weighted by Gasteiger charge is 2.17. The molecule has 1 atom stereocenters. The molecule has 1 rings (SSSR count). The molecular formula is C11H13FN2O2S. The maximum absolute atomic E-state index is 12.7. The summed E-state index contributed by atoms with van der Waals surface area (Å²) in [6, 6.07) is 2.72. The molecule has 0 aliphatic rings. The number of hydrogen-bond acceptors (Lipinski definition) is 3. The standard InChI is InChI=1S/C11H13FN2O2S/c1-2-8(10(13)17)14-11(16)7-4-3-6(12)5-9(7)15/h3-5,8,15H,2H2,1H3,(H2,13,17)(H,14,16). The predicted octanol–water partition coefficient (Wildman–Crippen LogP) is 1.33. The highest BCUT2D eigenvalue weighted by Crippen LogP contribution is 2.18. The Kier molecular flexibility index (Phi) is 4.39. The van der Waals surface area contributed by atoms with E-state index in [4.69, 9.17) is 18.0 Å². The molecule has 1 aromatic rings. The van der Waals surface area contributed by atoms with E-state index in [2.05, 4.69) is 5.32 Å². The van der Waals surface area contributed by atoms with Gasteiger partial charge in [0.25, 0.3) is 5.91 Å². The maximum atomic E-state index is 12.7. The van der Waals surface area contributed by atoms with Crippen molar-refractivity contribution in [1.82, 2.24) is 5.32 Å². The Balaban J connectivity index is 2.86. The normalized spacial score (nSPS) is 11.9. The van der Waals surface area contributed by atoms with Crippen LogP contribution in [0.15, 0.2) is 18.2 Å². The lowest BCUT2D eigenvalue weighted by atomic mass is 10.1. The topological polar surface area (TPSA) is 75.3 Å². The first-order chi connectivity index (χ1) is 7.95. The molecule has 0 spiro atoms. The van der Waals surface area contributed by atoms with Crippen molar-refractivity contribution in [3.63, 3.8) is 0 Å². The molecule has 0 saturated heterocycles. The minimum atomic E-state index is -0.611. The van der Waals surface area contributed by atoms with Gasteiger partial charge in [-0.25, -0.2) is 4.39 Å². The van der Waals surface area contributed by atoms with Crippen molar-refractivity contribution in [3.05, 3.63) is 29.6 Å². The first-order valence-corrected chi connectivity index (χ1v) is 5.45. The third-order valence-corrected chi connectivity index (χ3v) is 2.55. The number of carbonyl (C=O) groups is 1. The summed E-state index contributed by atoms with van der Waals surface area (Å²) in [6.45, 7) is 1.81. The number of hydrogen-bond donors (Lipinski definition) is 3. The first-order valence-electron chi connectivity index (χ1n) is 5.04. The summed E-state index contributed by atoms with van der Waals surface area (Å²) >= 11 is 4.78. The molecule has 1 aromatic carbocycles. The van der Waals surface area contributed by atoms with E-state index in [1.54, 1.807) is 0 Å². The number of amides is 1. The van der Waals surface area contributed by atoms with E-state index in [9.17, 15) is 14.3 Å². The molecule has 0 aliphatic carbocycles. The summed E-state index contributed by atoms with van der Waals surface area (Å²) in [7, 11) is 0. The van der Waals surface area contributed by atoms with Crippen LogP contribution in [0, 0.1) is 5.82 Å². The van der Waals surface area contributed by atoms with Gasteiger partial charge in [-0.1, -0.05) is 19.1 Å². The summed E-state index contributed by atoms with van der Waals surface area (Å²) in [5.74, 6) is -1.57. The van der Waals surface area contributed by atoms with Crippen LogP contribution >= 0.6 is 12.2 Å². The quantitative estimate of drug-likeness (QED) is 0.710. The Morgan fingerprint density at radius 2 is 2.29 bits per heavy atom. The fraction of sp³-hybridized carbons (Fsp3) is 0.273. The number of thiocarbonyl (C=S) groups is 1. The SMILES string of the molecule is CCC(NC(=O)c1ccc(F)cc1O)C(N)=S. The molecule has 17 heavy (non-hydrogen) atoms. The summed E-state index contributed by atoms with van der Waals surface area (Å²) < 4.78 is 12.7. The number of halogens is 1. The second kappa shape index (κ2) is 5.58. The van der Waals surface area contributed by atoms with Gasteiger partial charge in [-0.3, -0.25) is 4.79 Å². The van der Waals surface area contributed by atoms with Gasteiger partial charge < -0.3 is 16.2 Å². The molecule has 92 valence electrons. The lowest BCUT2D eigenvalue weighted by Crippen LogP contribution is -2.43. The molecule has 0 fully saturated rings. The van der Waals surface area contributed by atoms with Crippen LogP contribution in [0.5, 0.6) is 5.75 Å². The van der Waals surface area contributed by atoms with Crippen LogP contribution < -0.4 is 11.1 Å². The van der Waals surface area contributed by atoms with Gasteiger partial charge in [0.2, 0.25) is 0 Å². The van der Waals surface area contributed by atoms with Crippen molar-refractivity contribution in [1.29, 1.82) is 0 Å². The van der Waals surface area contributed by atoms with Crippen molar-refractivity contribution < 1.29 is 14.3 Å². The fourth-order valence-corrected chi connectivity index (χ4v) is 1.53. The van der Waals surface area contributed by atoms with Gasteiger partial charge in [0.15, 0.2) is 0 Å². The summed E-state index contributed by atoms with van der Waals surface area (Å²) in [5, 5.41) is 12.0. The highest BCUT2D eigenvalue weighted by molar-refractivity contribution is 7.80. The molecule has 0 aromatic heterocycles. The smallest absolute Gasteiger partial charge is 0.255 e. The highest BCUT2D eigenvalue weighted by atomic mass is 32.1. The van der Waals surface area contributed by atoms with Gasteiger partial charge >= 0.3 is 0 Å². The van der Waals surface area contributed by atoms with Crippen LogP contribution in [0.3, 0.4) is 0 Å². The zero-order chi connectivity index (χ0) is 13.0. The molecule has 0 radical (unpaired) electrons. The van der Waals surface area contributed by atoms with Crippen molar-refractivity contribution >= 4 is 23.1 Å². The average molecular weight is 256 g/mol. The second-order valence-corrected chi connectivity index (χ2v) is 3.97. The lowest BCUT2D eigenvalue weighted by Gasteiger charge is -2.15. The number of nitrogens with two attached hydrogens (primary N) is 1. The van der Waals surface area contributed by atoms with Crippen molar-refractivity contribution in [2.75, 3.05) is 0 Å². The van der Waals surface area contributed by atoms with Crippen LogP contribution in [0.1, 0.15) is 23.7 Å². The van der Waals surface area contributed by atoms with E-state index < -0.39 is 23.5 Å². The second-order valence-electron chi connectivity index (χ2n) is 3.50. The third kappa shape index (κ3) is 3.39. The Morgan fingerprint density at radius 3 is 2.76 bits per heavy atom. The number of aromatic hydroxyl groups is 1. The lowest BCUT2D eigenvalue weighted by molar-refractivity contribution is 0.0943. The van der Waals surface area contributed by atoms with Crippen molar-refractivity contribution in [3.8, 4) is 5.75 Å². The Labute approximate surface area is 104 Å². The first kappa shape index (κ1) is 13.4. The number of carbonyl (C=O) groups excluding carboxylic acids is 1. The Morgan fingerprint density at radius 1 is 1.65 bits per heavy atom. The van der Waals surface area contributed by atoms with E-state index in [1.165, 1.54) is 6.07 Å². The van der Waals surface area contributed by atoms with E-state index >= 15 is 0 Å². The zero-order valence-electron chi connectivity index (χ0n) is 9.24. The van der Waals surface area contributed by atoms with E-state index in [0.717, 1.165) is 12.1 Å².